The van der Waals surface area contributed by atoms with Crippen molar-refractivity contribution in [1.82, 2.24) is 4.90 Å². The van der Waals surface area contributed by atoms with Crippen LogP contribution in [0.3, 0.4) is 0 Å². The van der Waals surface area contributed by atoms with Crippen LogP contribution in [0, 0.1) is 5.82 Å². The van der Waals surface area contributed by atoms with Gasteiger partial charge in [0.1, 0.15) is 10.8 Å². The third-order valence-electron chi connectivity index (χ3n) is 5.88. The predicted molar refractivity (Wildman–Crippen MR) is 128 cm³/mol. The number of anilines is 2. The van der Waals surface area contributed by atoms with Crippen molar-refractivity contribution in [1.29, 1.82) is 0 Å². The predicted octanol–water partition coefficient (Wildman–Crippen LogP) is 4.85. The number of nitrogens with zero attached hydrogens (tertiary/aromatic N) is 2. The monoisotopic (exact) mass is 461 g/mol. The number of nitrogens with one attached hydrogen (secondary N) is 1. The lowest BCUT2D eigenvalue weighted by atomic mass is 10.1. The molecular formula is C23H28FN3O2S2. The number of ether oxygens (including phenoxy) is 1. The SMILES string of the molecule is CCOC(=O)c1c(NC(=S)N2CCN(c3ccc(F)cc3)CC2)sc2c1CCCCC2. The number of fused-ring (bicyclic) bond motifs is 1. The van der Waals surface area contributed by atoms with E-state index in [0.29, 0.717) is 17.3 Å². The number of aryl methyl sites for hydroxylation is 1. The Morgan fingerprint density at radius 2 is 1.84 bits per heavy atom. The van der Waals surface area contributed by atoms with Crippen LogP contribution in [0.2, 0.25) is 0 Å². The van der Waals surface area contributed by atoms with Gasteiger partial charge in [-0.25, -0.2) is 9.18 Å². The van der Waals surface area contributed by atoms with Gasteiger partial charge in [0.2, 0.25) is 0 Å². The molecule has 1 aliphatic heterocycles. The van der Waals surface area contributed by atoms with Crippen LogP contribution in [-0.2, 0) is 17.6 Å². The molecule has 4 rings (SSSR count). The van der Waals surface area contributed by atoms with Crippen LogP contribution >= 0.6 is 23.6 Å². The number of hydrogen-bond donors (Lipinski definition) is 1. The van der Waals surface area contributed by atoms with Crippen molar-refractivity contribution >= 4 is 45.3 Å². The van der Waals surface area contributed by atoms with E-state index in [9.17, 15) is 9.18 Å². The van der Waals surface area contributed by atoms with Gasteiger partial charge in [-0.3, -0.25) is 0 Å². The van der Waals surface area contributed by atoms with E-state index in [1.54, 1.807) is 11.3 Å². The summed E-state index contributed by atoms with van der Waals surface area (Å²) in [7, 11) is 0. The normalized spacial score (nSPS) is 16.5. The van der Waals surface area contributed by atoms with Gasteiger partial charge < -0.3 is 19.9 Å². The first-order valence-corrected chi connectivity index (χ1v) is 12.2. The van der Waals surface area contributed by atoms with Gasteiger partial charge in [0.15, 0.2) is 5.11 Å². The highest BCUT2D eigenvalue weighted by molar-refractivity contribution is 7.80. The maximum absolute atomic E-state index is 13.2. The first-order valence-electron chi connectivity index (χ1n) is 10.9. The number of hydrogen-bond acceptors (Lipinski definition) is 5. The standard InChI is InChI=1S/C23H28FN3O2S2/c1-2-29-22(28)20-18-6-4-3-5-7-19(18)31-21(20)25-23(30)27-14-12-26(13-15-27)17-10-8-16(24)9-11-17/h8-11H,2-7,12-15H2,1H3,(H,25,30). The molecule has 1 fully saturated rings. The fourth-order valence-electron chi connectivity index (χ4n) is 4.25. The summed E-state index contributed by atoms with van der Waals surface area (Å²) in [5.41, 5.74) is 2.84. The second kappa shape index (κ2) is 9.96. The van der Waals surface area contributed by atoms with E-state index in [0.717, 1.165) is 68.1 Å². The van der Waals surface area contributed by atoms with E-state index < -0.39 is 0 Å². The van der Waals surface area contributed by atoms with Gasteiger partial charge in [0, 0.05) is 36.7 Å². The van der Waals surface area contributed by atoms with Gasteiger partial charge in [-0.2, -0.15) is 0 Å². The lowest BCUT2D eigenvalue weighted by Gasteiger charge is -2.37. The minimum Gasteiger partial charge on any atom is -0.462 e. The second-order valence-electron chi connectivity index (χ2n) is 7.87. The number of thiophene rings is 1. The van der Waals surface area contributed by atoms with Gasteiger partial charge in [-0.05, 0) is 74.7 Å². The van der Waals surface area contributed by atoms with Crippen molar-refractivity contribution in [3.63, 3.8) is 0 Å². The third kappa shape index (κ3) is 5.01. The van der Waals surface area contributed by atoms with Crippen LogP contribution < -0.4 is 10.2 Å². The summed E-state index contributed by atoms with van der Waals surface area (Å²) >= 11 is 7.36. The molecular weight excluding hydrogens is 433 g/mol. The molecule has 1 aliphatic carbocycles. The minimum absolute atomic E-state index is 0.223. The Morgan fingerprint density at radius 3 is 2.55 bits per heavy atom. The number of rotatable bonds is 4. The minimum atomic E-state index is -0.256. The van der Waals surface area contributed by atoms with Gasteiger partial charge >= 0.3 is 5.97 Å². The Kier molecular flexibility index (Phi) is 7.07. The molecule has 2 heterocycles. The maximum atomic E-state index is 13.2. The van der Waals surface area contributed by atoms with Crippen LogP contribution in [0.5, 0.6) is 0 Å². The Hall–Kier alpha value is -2.19. The van der Waals surface area contributed by atoms with Crippen LogP contribution in [-0.4, -0.2) is 48.8 Å². The summed E-state index contributed by atoms with van der Waals surface area (Å²) in [5, 5.41) is 4.82. The third-order valence-corrected chi connectivity index (χ3v) is 7.45. The largest absolute Gasteiger partial charge is 0.462 e. The topological polar surface area (TPSA) is 44.8 Å². The lowest BCUT2D eigenvalue weighted by molar-refractivity contribution is 0.0527. The van der Waals surface area contributed by atoms with Crippen LogP contribution in [0.15, 0.2) is 24.3 Å². The first-order chi connectivity index (χ1) is 15.1. The summed E-state index contributed by atoms with van der Waals surface area (Å²) in [4.78, 5) is 18.4. The van der Waals surface area contributed by atoms with Crippen molar-refractivity contribution < 1.29 is 13.9 Å². The molecule has 166 valence electrons. The first kappa shape index (κ1) is 22.0. The number of thiocarbonyl (C=S) groups is 1. The van der Waals surface area contributed by atoms with Gasteiger partial charge in [0.05, 0.1) is 12.2 Å². The number of piperazine rings is 1. The molecule has 5 nitrogen and oxygen atoms in total. The number of carbonyl (C=O) groups is 1. The molecule has 0 saturated carbocycles. The Labute approximate surface area is 192 Å². The maximum Gasteiger partial charge on any atom is 0.341 e. The van der Waals surface area contributed by atoms with Crippen molar-refractivity contribution in [2.24, 2.45) is 0 Å². The molecule has 1 aromatic heterocycles. The molecule has 31 heavy (non-hydrogen) atoms. The Morgan fingerprint density at radius 1 is 1.13 bits per heavy atom. The molecule has 1 saturated heterocycles. The number of esters is 1. The van der Waals surface area contributed by atoms with E-state index in [2.05, 4.69) is 15.1 Å². The fraction of sp³-hybridized carbons (Fsp3) is 0.478. The molecule has 0 atom stereocenters. The second-order valence-corrected chi connectivity index (χ2v) is 9.36. The van der Waals surface area contributed by atoms with Crippen molar-refractivity contribution in [3.05, 3.63) is 46.1 Å². The van der Waals surface area contributed by atoms with E-state index >= 15 is 0 Å². The Bertz CT molecular complexity index is 937. The summed E-state index contributed by atoms with van der Waals surface area (Å²) in [5.74, 6) is -0.479. The molecule has 0 amide bonds. The highest BCUT2D eigenvalue weighted by atomic mass is 32.1. The Balaban J connectivity index is 1.45. The molecule has 0 spiro atoms. The van der Waals surface area contributed by atoms with Gasteiger partial charge in [-0.15, -0.1) is 11.3 Å². The van der Waals surface area contributed by atoms with Crippen molar-refractivity contribution in [2.45, 2.75) is 39.0 Å². The highest BCUT2D eigenvalue weighted by Crippen LogP contribution is 2.38. The lowest BCUT2D eigenvalue weighted by Crippen LogP contribution is -2.50. The van der Waals surface area contributed by atoms with E-state index in [4.69, 9.17) is 17.0 Å². The number of carbonyl (C=O) groups excluding carboxylic acids is 1. The number of halogens is 1. The molecule has 2 aliphatic rings. The summed E-state index contributed by atoms with van der Waals surface area (Å²) < 4.78 is 18.6. The molecule has 0 bridgehead atoms. The zero-order chi connectivity index (χ0) is 21.8. The zero-order valence-electron chi connectivity index (χ0n) is 17.8. The van der Waals surface area contributed by atoms with E-state index in [-0.39, 0.29) is 11.8 Å². The molecule has 2 aromatic rings. The average molecular weight is 462 g/mol. The molecule has 1 aromatic carbocycles. The van der Waals surface area contributed by atoms with Crippen molar-refractivity contribution in [3.8, 4) is 0 Å². The van der Waals surface area contributed by atoms with Crippen LogP contribution in [0.25, 0.3) is 0 Å². The van der Waals surface area contributed by atoms with E-state index in [1.165, 1.54) is 23.4 Å². The molecule has 1 N–H and O–H groups in total. The van der Waals surface area contributed by atoms with Gasteiger partial charge in [-0.1, -0.05) is 6.42 Å². The summed E-state index contributed by atoms with van der Waals surface area (Å²) in [6.07, 6.45) is 5.39. The fourth-order valence-corrected chi connectivity index (χ4v) is 5.87. The van der Waals surface area contributed by atoms with Crippen LogP contribution in [0.1, 0.15) is 47.0 Å². The summed E-state index contributed by atoms with van der Waals surface area (Å²) in [6.45, 7) is 5.34. The molecule has 0 unspecified atom stereocenters. The smallest absolute Gasteiger partial charge is 0.341 e. The average Bonchev–Trinajstić information content (AvgIpc) is 2.95. The van der Waals surface area contributed by atoms with Gasteiger partial charge in [0.25, 0.3) is 0 Å². The highest BCUT2D eigenvalue weighted by Gasteiger charge is 2.27. The quantitative estimate of drug-likeness (QED) is 0.399. The van der Waals surface area contributed by atoms with Crippen LogP contribution in [0.4, 0.5) is 15.1 Å². The molecule has 8 heteroatoms. The zero-order valence-corrected chi connectivity index (χ0v) is 19.4. The van der Waals surface area contributed by atoms with E-state index in [1.807, 2.05) is 19.1 Å². The van der Waals surface area contributed by atoms with Crippen molar-refractivity contribution in [2.75, 3.05) is 43.0 Å². The summed E-state index contributed by atoms with van der Waals surface area (Å²) in [6, 6.07) is 6.61. The number of benzene rings is 1. The molecule has 0 radical (unpaired) electrons.